The first-order chi connectivity index (χ1) is 10.2. The number of phenols is 1. The molecule has 1 aromatic heterocycles. The lowest BCUT2D eigenvalue weighted by Crippen LogP contribution is -1.94. The monoisotopic (exact) mass is 275 g/mol. The molecular weight excluding hydrogens is 262 g/mol. The van der Waals surface area contributed by atoms with E-state index in [1.807, 2.05) is 30.3 Å². The molecule has 0 radical (unpaired) electrons. The van der Waals surface area contributed by atoms with Gasteiger partial charge < -0.3 is 5.11 Å². The maximum absolute atomic E-state index is 12.0. The number of aromatic nitrogens is 1. The molecule has 21 heavy (non-hydrogen) atoms. The van der Waals surface area contributed by atoms with Gasteiger partial charge in [-0.3, -0.25) is 9.78 Å². The van der Waals surface area contributed by atoms with Crippen LogP contribution in [0.1, 0.15) is 15.9 Å². The molecule has 0 bridgehead atoms. The van der Waals surface area contributed by atoms with Gasteiger partial charge in [0.1, 0.15) is 5.75 Å². The van der Waals surface area contributed by atoms with Crippen LogP contribution >= 0.6 is 0 Å². The number of ketones is 1. The Morgan fingerprint density at radius 2 is 1.81 bits per heavy atom. The molecule has 0 fully saturated rings. The van der Waals surface area contributed by atoms with Gasteiger partial charge in [-0.15, -0.1) is 0 Å². The van der Waals surface area contributed by atoms with Crippen LogP contribution in [0, 0.1) is 0 Å². The average Bonchev–Trinajstić information content (AvgIpc) is 2.53. The second kappa shape index (κ2) is 5.59. The van der Waals surface area contributed by atoms with Crippen molar-refractivity contribution in [1.29, 1.82) is 0 Å². The van der Waals surface area contributed by atoms with E-state index in [0.717, 1.165) is 16.5 Å². The number of fused-ring (bicyclic) bond motifs is 1. The highest BCUT2D eigenvalue weighted by atomic mass is 16.3. The molecule has 3 nitrogen and oxygen atoms in total. The SMILES string of the molecule is O=C(/C=C/c1cnc2ccccc2c1)c1ccccc1O. The summed E-state index contributed by atoms with van der Waals surface area (Å²) in [5, 5.41) is 10.7. The Bertz CT molecular complexity index is 837. The number of pyridine rings is 1. The van der Waals surface area contributed by atoms with Crippen LogP contribution in [-0.4, -0.2) is 15.9 Å². The lowest BCUT2D eigenvalue weighted by Gasteiger charge is -2.00. The number of hydrogen-bond acceptors (Lipinski definition) is 3. The number of carbonyl (C=O) groups is 1. The smallest absolute Gasteiger partial charge is 0.189 e. The minimum absolute atomic E-state index is 0.0104. The Morgan fingerprint density at radius 3 is 2.67 bits per heavy atom. The molecule has 3 heteroatoms. The molecule has 0 amide bonds. The van der Waals surface area contributed by atoms with E-state index in [-0.39, 0.29) is 11.5 Å². The minimum Gasteiger partial charge on any atom is -0.507 e. The van der Waals surface area contributed by atoms with Crippen molar-refractivity contribution in [3.63, 3.8) is 0 Å². The van der Waals surface area contributed by atoms with Gasteiger partial charge in [-0.25, -0.2) is 0 Å². The van der Waals surface area contributed by atoms with Crippen LogP contribution < -0.4 is 0 Å². The molecule has 0 unspecified atom stereocenters. The Kier molecular flexibility index (Phi) is 3.48. The van der Waals surface area contributed by atoms with Crippen LogP contribution in [0.2, 0.25) is 0 Å². The third kappa shape index (κ3) is 2.82. The van der Waals surface area contributed by atoms with E-state index >= 15 is 0 Å². The van der Waals surface area contributed by atoms with Crippen LogP contribution in [-0.2, 0) is 0 Å². The van der Waals surface area contributed by atoms with Crippen molar-refractivity contribution in [2.24, 2.45) is 0 Å². The summed E-state index contributed by atoms with van der Waals surface area (Å²) in [6.07, 6.45) is 4.87. The Morgan fingerprint density at radius 1 is 1.05 bits per heavy atom. The Balaban J connectivity index is 1.87. The standard InChI is InChI=1S/C18H13NO2/c20-17-8-4-2-6-15(17)18(21)10-9-13-11-14-5-1-3-7-16(14)19-12-13/h1-12,20H/b10-9+. The summed E-state index contributed by atoms with van der Waals surface area (Å²) >= 11 is 0. The number of rotatable bonds is 3. The molecule has 102 valence electrons. The van der Waals surface area contributed by atoms with Crippen molar-refractivity contribution in [1.82, 2.24) is 4.98 Å². The van der Waals surface area contributed by atoms with Gasteiger partial charge in [0.05, 0.1) is 11.1 Å². The number of hydrogen-bond donors (Lipinski definition) is 1. The first kappa shape index (κ1) is 13.1. The summed E-state index contributed by atoms with van der Waals surface area (Å²) in [5.41, 5.74) is 2.06. The van der Waals surface area contributed by atoms with Crippen LogP contribution in [0.25, 0.3) is 17.0 Å². The first-order valence-corrected chi connectivity index (χ1v) is 6.59. The number of phenolic OH excluding ortho intramolecular Hbond substituents is 1. The predicted molar refractivity (Wildman–Crippen MR) is 83.2 cm³/mol. The minimum atomic E-state index is -0.235. The van der Waals surface area contributed by atoms with Gasteiger partial charge in [0, 0.05) is 11.6 Å². The highest BCUT2D eigenvalue weighted by Gasteiger charge is 2.06. The van der Waals surface area contributed by atoms with E-state index in [1.54, 1.807) is 30.5 Å². The first-order valence-electron chi connectivity index (χ1n) is 6.59. The van der Waals surface area contributed by atoms with Crippen molar-refractivity contribution in [3.8, 4) is 5.75 Å². The highest BCUT2D eigenvalue weighted by molar-refractivity contribution is 6.08. The van der Waals surface area contributed by atoms with Gasteiger partial charge in [-0.1, -0.05) is 30.3 Å². The summed E-state index contributed by atoms with van der Waals surface area (Å²) in [4.78, 5) is 16.4. The number of allylic oxidation sites excluding steroid dienone is 1. The lowest BCUT2D eigenvalue weighted by atomic mass is 10.1. The third-order valence-corrected chi connectivity index (χ3v) is 3.21. The van der Waals surface area contributed by atoms with Gasteiger partial charge in [0.2, 0.25) is 0 Å². The molecule has 1 heterocycles. The molecule has 0 atom stereocenters. The molecule has 3 aromatic rings. The van der Waals surface area contributed by atoms with Crippen molar-refractivity contribution in [2.45, 2.75) is 0 Å². The van der Waals surface area contributed by atoms with Gasteiger partial charge in [-0.2, -0.15) is 0 Å². The molecule has 0 spiro atoms. The molecule has 0 saturated heterocycles. The molecule has 1 N–H and O–H groups in total. The van der Waals surface area contributed by atoms with Crippen LogP contribution in [0.5, 0.6) is 5.75 Å². The quantitative estimate of drug-likeness (QED) is 0.583. The van der Waals surface area contributed by atoms with Gasteiger partial charge >= 0.3 is 0 Å². The van der Waals surface area contributed by atoms with Crippen molar-refractivity contribution in [3.05, 3.63) is 78.0 Å². The molecule has 0 aliphatic heterocycles. The van der Waals surface area contributed by atoms with E-state index < -0.39 is 0 Å². The molecular formula is C18H13NO2. The van der Waals surface area contributed by atoms with Crippen LogP contribution in [0.15, 0.2) is 66.9 Å². The number of aromatic hydroxyl groups is 1. The van der Waals surface area contributed by atoms with Gasteiger partial charge in [0.25, 0.3) is 0 Å². The van der Waals surface area contributed by atoms with E-state index in [2.05, 4.69) is 4.98 Å². The maximum Gasteiger partial charge on any atom is 0.189 e. The second-order valence-electron chi connectivity index (χ2n) is 4.68. The Labute approximate surface area is 122 Å². The van der Waals surface area contributed by atoms with Crippen molar-refractivity contribution in [2.75, 3.05) is 0 Å². The van der Waals surface area contributed by atoms with Crippen molar-refractivity contribution < 1.29 is 9.90 Å². The third-order valence-electron chi connectivity index (χ3n) is 3.21. The lowest BCUT2D eigenvalue weighted by molar-refractivity contribution is 0.104. The maximum atomic E-state index is 12.0. The normalized spacial score (nSPS) is 11.0. The zero-order valence-corrected chi connectivity index (χ0v) is 11.2. The van der Waals surface area contributed by atoms with E-state index in [1.165, 1.54) is 12.1 Å². The van der Waals surface area contributed by atoms with Crippen LogP contribution in [0.4, 0.5) is 0 Å². The molecule has 0 saturated carbocycles. The fourth-order valence-electron chi connectivity index (χ4n) is 2.12. The fourth-order valence-corrected chi connectivity index (χ4v) is 2.12. The second-order valence-corrected chi connectivity index (χ2v) is 4.68. The summed E-state index contributed by atoms with van der Waals surface area (Å²) in [7, 11) is 0. The zero-order valence-electron chi connectivity index (χ0n) is 11.2. The summed E-state index contributed by atoms with van der Waals surface area (Å²) < 4.78 is 0. The Hall–Kier alpha value is -2.94. The van der Waals surface area contributed by atoms with E-state index in [9.17, 15) is 9.90 Å². The van der Waals surface area contributed by atoms with Crippen LogP contribution in [0.3, 0.4) is 0 Å². The highest BCUT2D eigenvalue weighted by Crippen LogP contribution is 2.18. The molecule has 2 aromatic carbocycles. The largest absolute Gasteiger partial charge is 0.507 e. The number of nitrogens with zero attached hydrogens (tertiary/aromatic N) is 1. The van der Waals surface area contributed by atoms with E-state index in [0.29, 0.717) is 5.56 Å². The fraction of sp³-hybridized carbons (Fsp3) is 0. The summed E-state index contributed by atoms with van der Waals surface area (Å²) in [6, 6.07) is 16.3. The van der Waals surface area contributed by atoms with E-state index in [4.69, 9.17) is 0 Å². The number of benzene rings is 2. The number of para-hydroxylation sites is 2. The van der Waals surface area contributed by atoms with Gasteiger partial charge in [-0.05, 0) is 42.0 Å². The molecule has 0 aliphatic rings. The molecule has 3 rings (SSSR count). The topological polar surface area (TPSA) is 50.2 Å². The molecule has 0 aliphatic carbocycles. The van der Waals surface area contributed by atoms with Gasteiger partial charge in [0.15, 0.2) is 5.78 Å². The van der Waals surface area contributed by atoms with Crippen molar-refractivity contribution >= 4 is 22.8 Å². The average molecular weight is 275 g/mol. The zero-order chi connectivity index (χ0) is 14.7. The summed E-state index contributed by atoms with van der Waals surface area (Å²) in [6.45, 7) is 0. The number of carbonyl (C=O) groups excluding carboxylic acids is 1. The summed E-state index contributed by atoms with van der Waals surface area (Å²) in [5.74, 6) is -0.245. The predicted octanol–water partition coefficient (Wildman–Crippen LogP) is 3.84.